The van der Waals surface area contributed by atoms with Gasteiger partial charge in [0.05, 0.1) is 0 Å². The van der Waals surface area contributed by atoms with Crippen molar-refractivity contribution in [2.24, 2.45) is 5.92 Å². The van der Waals surface area contributed by atoms with Crippen LogP contribution in [0, 0.1) is 5.92 Å². The summed E-state index contributed by atoms with van der Waals surface area (Å²) in [4.78, 5) is 16.7. The number of hydrogen-bond donors (Lipinski definition) is 1. The average Bonchev–Trinajstić information content (AvgIpc) is 2.66. The van der Waals surface area contributed by atoms with E-state index in [9.17, 15) is 13.6 Å². The molecule has 0 saturated carbocycles. The van der Waals surface area contributed by atoms with E-state index < -0.39 is 6.61 Å². The van der Waals surface area contributed by atoms with Gasteiger partial charge in [-0.25, -0.2) is 4.79 Å². The molecule has 1 N–H and O–H groups in total. The van der Waals surface area contributed by atoms with Gasteiger partial charge < -0.3 is 19.9 Å². The lowest BCUT2D eigenvalue weighted by molar-refractivity contribution is -0.0499. The van der Waals surface area contributed by atoms with Crippen LogP contribution in [0.5, 0.6) is 5.75 Å². The first-order valence-electron chi connectivity index (χ1n) is 9.83. The fraction of sp³-hybridized carbons (Fsp3) is 0.650. The summed E-state index contributed by atoms with van der Waals surface area (Å²) in [6.45, 7) is 4.34. The van der Waals surface area contributed by atoms with Crippen molar-refractivity contribution in [3.63, 3.8) is 0 Å². The lowest BCUT2D eigenvalue weighted by Gasteiger charge is -2.31. The number of amides is 2. The van der Waals surface area contributed by atoms with Crippen molar-refractivity contribution in [1.29, 1.82) is 0 Å². The number of likely N-dealkylation sites (tertiary alicyclic amines) is 1. The number of hydrogen-bond acceptors (Lipinski definition) is 3. The van der Waals surface area contributed by atoms with Crippen LogP contribution in [0.15, 0.2) is 18.2 Å². The van der Waals surface area contributed by atoms with Crippen LogP contribution in [0.1, 0.15) is 37.3 Å². The number of urea groups is 1. The fourth-order valence-electron chi connectivity index (χ4n) is 3.90. The summed E-state index contributed by atoms with van der Waals surface area (Å²) in [5.74, 6) is 0.538. The smallest absolute Gasteiger partial charge is 0.387 e. The van der Waals surface area contributed by atoms with Crippen LogP contribution in [0.3, 0.4) is 0 Å². The summed E-state index contributed by atoms with van der Waals surface area (Å²) in [5, 5.41) is 3.03. The van der Waals surface area contributed by atoms with Crippen molar-refractivity contribution in [1.82, 2.24) is 15.1 Å². The predicted molar refractivity (Wildman–Crippen MR) is 100 cm³/mol. The molecule has 0 radical (unpaired) electrons. The summed E-state index contributed by atoms with van der Waals surface area (Å²) in [6.07, 6.45) is 4.58. The maximum absolute atomic E-state index is 12.5. The van der Waals surface area contributed by atoms with Gasteiger partial charge in [0.15, 0.2) is 0 Å². The van der Waals surface area contributed by atoms with Gasteiger partial charge in [-0.05, 0) is 61.5 Å². The zero-order chi connectivity index (χ0) is 19.2. The molecule has 1 fully saturated rings. The van der Waals surface area contributed by atoms with Crippen LogP contribution < -0.4 is 10.1 Å². The molecule has 2 amide bonds. The van der Waals surface area contributed by atoms with Crippen molar-refractivity contribution in [2.75, 3.05) is 32.7 Å². The number of nitrogens with one attached hydrogen (secondary N) is 1. The number of alkyl halides is 2. The molecule has 1 aromatic rings. The van der Waals surface area contributed by atoms with Gasteiger partial charge in [-0.2, -0.15) is 8.78 Å². The van der Waals surface area contributed by atoms with Gasteiger partial charge in [-0.15, -0.1) is 0 Å². The molecule has 2 aliphatic heterocycles. The van der Waals surface area contributed by atoms with E-state index >= 15 is 0 Å². The molecule has 1 atom stereocenters. The summed E-state index contributed by atoms with van der Waals surface area (Å²) in [5.41, 5.74) is 1.95. The van der Waals surface area contributed by atoms with Crippen LogP contribution in [0.4, 0.5) is 13.6 Å². The monoisotopic (exact) mass is 381 g/mol. The number of carbonyl (C=O) groups is 1. The number of piperidine rings is 1. The molecule has 1 saturated heterocycles. The van der Waals surface area contributed by atoms with Gasteiger partial charge in [-0.1, -0.05) is 19.4 Å². The minimum atomic E-state index is -2.84. The third-order valence-electron chi connectivity index (χ3n) is 5.32. The zero-order valence-corrected chi connectivity index (χ0v) is 15.9. The largest absolute Gasteiger partial charge is 0.435 e. The Morgan fingerprint density at radius 1 is 1.19 bits per heavy atom. The number of rotatable bonds is 6. The maximum Gasteiger partial charge on any atom is 0.387 e. The Hall–Kier alpha value is -1.89. The average molecular weight is 381 g/mol. The number of carbonyl (C=O) groups excluding carboxylic acids is 1. The first-order chi connectivity index (χ1) is 13.0. The first-order valence-corrected chi connectivity index (χ1v) is 9.83. The topological polar surface area (TPSA) is 44.8 Å². The fourth-order valence-corrected chi connectivity index (χ4v) is 3.90. The number of fused-ring (bicyclic) bond motifs is 1. The normalized spacial score (nSPS) is 18.9. The molecule has 150 valence electrons. The van der Waals surface area contributed by atoms with Crippen molar-refractivity contribution < 1.29 is 18.3 Å². The standard InChI is InChI=1S/C20H29F2N3O2/c1-15(13-24-8-3-2-4-9-24)12-23-20(26)25-10-7-16-5-6-18(27-19(21)22)11-17(16)14-25/h5-6,11,15,19H,2-4,7-10,12-14H2,1H3,(H,23,26). The van der Waals surface area contributed by atoms with Crippen molar-refractivity contribution in [2.45, 2.75) is 45.8 Å². The maximum atomic E-state index is 12.5. The lowest BCUT2D eigenvalue weighted by atomic mass is 10.00. The molecule has 2 heterocycles. The molecule has 27 heavy (non-hydrogen) atoms. The molecular formula is C20H29F2N3O2. The SMILES string of the molecule is CC(CNC(=O)N1CCc2ccc(OC(F)F)cc2C1)CN1CCCCC1. The van der Waals surface area contributed by atoms with E-state index in [0.717, 1.165) is 37.2 Å². The molecule has 3 rings (SSSR count). The van der Waals surface area contributed by atoms with Crippen molar-refractivity contribution >= 4 is 6.03 Å². The lowest BCUT2D eigenvalue weighted by Crippen LogP contribution is -2.45. The highest BCUT2D eigenvalue weighted by Crippen LogP contribution is 2.25. The molecule has 0 bridgehead atoms. The van der Waals surface area contributed by atoms with Crippen LogP contribution in [0.25, 0.3) is 0 Å². The highest BCUT2D eigenvalue weighted by molar-refractivity contribution is 5.74. The van der Waals surface area contributed by atoms with E-state index in [4.69, 9.17) is 0 Å². The second-order valence-electron chi connectivity index (χ2n) is 7.63. The second-order valence-corrected chi connectivity index (χ2v) is 7.63. The van der Waals surface area contributed by atoms with Gasteiger partial charge in [0.2, 0.25) is 0 Å². The van der Waals surface area contributed by atoms with E-state index in [1.54, 1.807) is 17.0 Å². The Kier molecular flexibility index (Phi) is 6.88. The van der Waals surface area contributed by atoms with E-state index in [1.807, 2.05) is 6.07 Å². The third kappa shape index (κ3) is 5.79. The quantitative estimate of drug-likeness (QED) is 0.821. The van der Waals surface area contributed by atoms with E-state index in [2.05, 4.69) is 21.9 Å². The number of halogens is 2. The summed E-state index contributed by atoms with van der Waals surface area (Å²) >= 11 is 0. The second kappa shape index (κ2) is 9.35. The molecule has 5 nitrogen and oxygen atoms in total. The minimum absolute atomic E-state index is 0.0914. The van der Waals surface area contributed by atoms with Crippen LogP contribution in [0.2, 0.25) is 0 Å². The molecule has 1 unspecified atom stereocenters. The summed E-state index contributed by atoms with van der Waals surface area (Å²) < 4.78 is 29.3. The van der Waals surface area contributed by atoms with Crippen molar-refractivity contribution in [3.8, 4) is 5.75 Å². The Labute approximate surface area is 159 Å². The van der Waals surface area contributed by atoms with Gasteiger partial charge >= 0.3 is 12.6 Å². The molecule has 0 spiro atoms. The molecule has 0 aliphatic carbocycles. The van der Waals surface area contributed by atoms with Crippen LogP contribution in [-0.4, -0.2) is 55.2 Å². The Bertz CT molecular complexity index is 636. The molecule has 0 aromatic heterocycles. The summed E-state index contributed by atoms with van der Waals surface area (Å²) in [6, 6.07) is 4.89. The molecule has 1 aromatic carbocycles. The van der Waals surface area contributed by atoms with E-state index in [1.165, 1.54) is 19.3 Å². The first kappa shape index (κ1) is 19.9. The van der Waals surface area contributed by atoms with Crippen LogP contribution in [-0.2, 0) is 13.0 Å². The van der Waals surface area contributed by atoms with Gasteiger partial charge in [0, 0.05) is 26.2 Å². The number of nitrogens with zero attached hydrogens (tertiary/aromatic N) is 2. The Morgan fingerprint density at radius 2 is 1.96 bits per heavy atom. The zero-order valence-electron chi connectivity index (χ0n) is 15.9. The number of ether oxygens (including phenoxy) is 1. The highest BCUT2D eigenvalue weighted by atomic mass is 19.3. The molecule has 7 heteroatoms. The number of benzene rings is 1. The minimum Gasteiger partial charge on any atom is -0.435 e. The van der Waals surface area contributed by atoms with Gasteiger partial charge in [-0.3, -0.25) is 0 Å². The third-order valence-corrected chi connectivity index (χ3v) is 5.32. The van der Waals surface area contributed by atoms with Gasteiger partial charge in [0.25, 0.3) is 0 Å². The van der Waals surface area contributed by atoms with E-state index in [-0.39, 0.29) is 11.8 Å². The molecular weight excluding hydrogens is 352 g/mol. The van der Waals surface area contributed by atoms with E-state index in [0.29, 0.717) is 25.6 Å². The van der Waals surface area contributed by atoms with Crippen LogP contribution >= 0.6 is 0 Å². The van der Waals surface area contributed by atoms with Crippen molar-refractivity contribution in [3.05, 3.63) is 29.3 Å². The summed E-state index contributed by atoms with van der Waals surface area (Å²) in [7, 11) is 0. The highest BCUT2D eigenvalue weighted by Gasteiger charge is 2.22. The predicted octanol–water partition coefficient (Wildman–Crippen LogP) is 3.48. The Morgan fingerprint density at radius 3 is 2.70 bits per heavy atom. The molecule has 2 aliphatic rings. The van der Waals surface area contributed by atoms with Gasteiger partial charge in [0.1, 0.15) is 5.75 Å². The Balaban J connectivity index is 1.48.